The van der Waals surface area contributed by atoms with Crippen LogP contribution in [0.25, 0.3) is 0 Å². The number of nitrogens with zero attached hydrogens (tertiary/aromatic N) is 2. The van der Waals surface area contributed by atoms with Crippen LogP contribution in [0.3, 0.4) is 0 Å². The predicted molar refractivity (Wildman–Crippen MR) is 84.8 cm³/mol. The van der Waals surface area contributed by atoms with Gasteiger partial charge in [0.25, 0.3) is 0 Å². The van der Waals surface area contributed by atoms with Gasteiger partial charge in [-0.15, -0.1) is 5.10 Å². The Bertz CT molecular complexity index is 569. The SMILES string of the molecule is CCNC(C)c1nnc(Nc2ccc(C(C)(C)C)cc2)o1. The Labute approximate surface area is 126 Å². The number of nitrogens with one attached hydrogen (secondary N) is 2. The maximum Gasteiger partial charge on any atom is 0.320 e. The lowest BCUT2D eigenvalue weighted by molar-refractivity contribution is 0.430. The number of hydrogen-bond donors (Lipinski definition) is 2. The first-order chi connectivity index (χ1) is 9.90. The lowest BCUT2D eigenvalue weighted by atomic mass is 9.87. The third-order valence-corrected chi connectivity index (χ3v) is 3.32. The summed E-state index contributed by atoms with van der Waals surface area (Å²) >= 11 is 0. The Hall–Kier alpha value is -1.88. The van der Waals surface area contributed by atoms with Crippen molar-refractivity contribution >= 4 is 11.7 Å². The van der Waals surface area contributed by atoms with Crippen LogP contribution < -0.4 is 10.6 Å². The highest BCUT2D eigenvalue weighted by Gasteiger charge is 2.14. The molecule has 0 fully saturated rings. The van der Waals surface area contributed by atoms with Crippen molar-refractivity contribution < 1.29 is 4.42 Å². The fraction of sp³-hybridized carbons (Fsp3) is 0.500. The van der Waals surface area contributed by atoms with Gasteiger partial charge in [-0.05, 0) is 36.6 Å². The molecule has 0 spiro atoms. The summed E-state index contributed by atoms with van der Waals surface area (Å²) in [7, 11) is 0. The van der Waals surface area contributed by atoms with E-state index in [-0.39, 0.29) is 11.5 Å². The third-order valence-electron chi connectivity index (χ3n) is 3.32. The monoisotopic (exact) mass is 288 g/mol. The van der Waals surface area contributed by atoms with Gasteiger partial charge in [0, 0.05) is 5.69 Å². The van der Waals surface area contributed by atoms with E-state index in [1.807, 2.05) is 26.0 Å². The van der Waals surface area contributed by atoms with Crippen molar-refractivity contribution in [3.63, 3.8) is 0 Å². The normalized spacial score (nSPS) is 13.2. The van der Waals surface area contributed by atoms with Crippen LogP contribution in [-0.4, -0.2) is 16.7 Å². The Morgan fingerprint density at radius 1 is 1.14 bits per heavy atom. The van der Waals surface area contributed by atoms with Crippen molar-refractivity contribution in [3.05, 3.63) is 35.7 Å². The van der Waals surface area contributed by atoms with E-state index in [9.17, 15) is 0 Å². The molecule has 0 aliphatic rings. The van der Waals surface area contributed by atoms with E-state index in [0.717, 1.165) is 12.2 Å². The van der Waals surface area contributed by atoms with E-state index in [4.69, 9.17) is 4.42 Å². The first-order valence-corrected chi connectivity index (χ1v) is 7.34. The molecule has 2 N–H and O–H groups in total. The molecular weight excluding hydrogens is 264 g/mol. The van der Waals surface area contributed by atoms with Gasteiger partial charge in [-0.3, -0.25) is 0 Å². The van der Waals surface area contributed by atoms with Crippen LogP contribution in [0.1, 0.15) is 52.1 Å². The van der Waals surface area contributed by atoms with Crippen LogP contribution >= 0.6 is 0 Å². The Morgan fingerprint density at radius 3 is 2.38 bits per heavy atom. The summed E-state index contributed by atoms with van der Waals surface area (Å²) in [4.78, 5) is 0. The van der Waals surface area contributed by atoms with E-state index in [1.54, 1.807) is 0 Å². The average molecular weight is 288 g/mol. The molecule has 0 aliphatic carbocycles. The van der Waals surface area contributed by atoms with Crippen LogP contribution in [0.2, 0.25) is 0 Å². The van der Waals surface area contributed by atoms with Gasteiger partial charge in [0.05, 0.1) is 6.04 Å². The molecule has 2 rings (SSSR count). The topological polar surface area (TPSA) is 63.0 Å². The summed E-state index contributed by atoms with van der Waals surface area (Å²) in [5, 5.41) is 14.4. The number of aromatic nitrogens is 2. The molecule has 5 nitrogen and oxygen atoms in total. The quantitative estimate of drug-likeness (QED) is 0.876. The lowest BCUT2D eigenvalue weighted by Crippen LogP contribution is -2.17. The van der Waals surface area contributed by atoms with Crippen LogP contribution in [0.4, 0.5) is 11.7 Å². The van der Waals surface area contributed by atoms with Gasteiger partial charge in [0.2, 0.25) is 5.89 Å². The highest BCUT2D eigenvalue weighted by Crippen LogP contribution is 2.25. The molecule has 5 heteroatoms. The molecule has 0 bridgehead atoms. The van der Waals surface area contributed by atoms with Crippen LogP contribution in [0.5, 0.6) is 0 Å². The second-order valence-electron chi connectivity index (χ2n) is 6.18. The third kappa shape index (κ3) is 4.04. The molecular formula is C16H24N4O. The van der Waals surface area contributed by atoms with Crippen molar-refractivity contribution in [1.82, 2.24) is 15.5 Å². The number of rotatable bonds is 5. The van der Waals surface area contributed by atoms with Crippen molar-refractivity contribution in [2.45, 2.75) is 46.1 Å². The molecule has 0 radical (unpaired) electrons. The fourth-order valence-corrected chi connectivity index (χ4v) is 2.03. The largest absolute Gasteiger partial charge is 0.406 e. The predicted octanol–water partition coefficient (Wildman–Crippen LogP) is 3.78. The second kappa shape index (κ2) is 6.26. The smallest absolute Gasteiger partial charge is 0.320 e. The van der Waals surface area contributed by atoms with Crippen molar-refractivity contribution in [2.75, 3.05) is 11.9 Å². The minimum atomic E-state index is 0.0568. The minimum absolute atomic E-state index is 0.0568. The fourth-order valence-electron chi connectivity index (χ4n) is 2.03. The molecule has 0 aliphatic heterocycles. The summed E-state index contributed by atoms with van der Waals surface area (Å²) in [5.74, 6) is 0.589. The number of anilines is 2. The number of benzene rings is 1. The standard InChI is InChI=1S/C16H24N4O/c1-6-17-11(2)14-19-20-15(21-14)18-13-9-7-12(8-10-13)16(3,4)5/h7-11,17H,6H2,1-5H3,(H,18,20). The highest BCUT2D eigenvalue weighted by atomic mass is 16.4. The molecule has 0 saturated heterocycles. The van der Waals surface area contributed by atoms with Crippen molar-refractivity contribution in [3.8, 4) is 0 Å². The van der Waals surface area contributed by atoms with E-state index >= 15 is 0 Å². The van der Waals surface area contributed by atoms with Gasteiger partial charge >= 0.3 is 6.01 Å². The Morgan fingerprint density at radius 2 is 1.81 bits per heavy atom. The zero-order valence-electron chi connectivity index (χ0n) is 13.4. The van der Waals surface area contributed by atoms with Gasteiger partial charge in [0.15, 0.2) is 0 Å². The maximum atomic E-state index is 5.60. The summed E-state index contributed by atoms with van der Waals surface area (Å²) < 4.78 is 5.60. The molecule has 1 aromatic heterocycles. The van der Waals surface area contributed by atoms with Gasteiger partial charge < -0.3 is 15.1 Å². The van der Waals surface area contributed by atoms with E-state index in [2.05, 4.69) is 53.7 Å². The summed E-state index contributed by atoms with van der Waals surface area (Å²) in [6, 6.07) is 8.75. The Balaban J connectivity index is 2.05. The number of hydrogen-bond acceptors (Lipinski definition) is 5. The molecule has 21 heavy (non-hydrogen) atoms. The van der Waals surface area contributed by atoms with E-state index in [0.29, 0.717) is 11.9 Å². The highest BCUT2D eigenvalue weighted by molar-refractivity contribution is 5.52. The molecule has 1 heterocycles. The first-order valence-electron chi connectivity index (χ1n) is 7.34. The first kappa shape index (κ1) is 15.5. The summed E-state index contributed by atoms with van der Waals surface area (Å²) in [5.41, 5.74) is 2.38. The van der Waals surface area contributed by atoms with Crippen LogP contribution in [0.15, 0.2) is 28.7 Å². The molecule has 1 atom stereocenters. The van der Waals surface area contributed by atoms with Gasteiger partial charge in [-0.2, -0.15) is 0 Å². The summed E-state index contributed by atoms with van der Waals surface area (Å²) in [6.07, 6.45) is 0. The van der Waals surface area contributed by atoms with Gasteiger partial charge in [-0.25, -0.2) is 0 Å². The summed E-state index contributed by atoms with van der Waals surface area (Å²) in [6.45, 7) is 11.5. The zero-order chi connectivity index (χ0) is 15.5. The van der Waals surface area contributed by atoms with E-state index < -0.39 is 0 Å². The molecule has 0 amide bonds. The molecule has 0 saturated carbocycles. The molecule has 1 aromatic carbocycles. The van der Waals surface area contributed by atoms with E-state index in [1.165, 1.54) is 5.56 Å². The van der Waals surface area contributed by atoms with Gasteiger partial charge in [-0.1, -0.05) is 44.9 Å². The Kier molecular flexibility index (Phi) is 4.63. The lowest BCUT2D eigenvalue weighted by Gasteiger charge is -2.19. The zero-order valence-corrected chi connectivity index (χ0v) is 13.4. The van der Waals surface area contributed by atoms with Gasteiger partial charge in [0.1, 0.15) is 0 Å². The molecule has 1 unspecified atom stereocenters. The average Bonchev–Trinajstić information content (AvgIpc) is 2.87. The minimum Gasteiger partial charge on any atom is -0.406 e. The second-order valence-corrected chi connectivity index (χ2v) is 6.18. The van der Waals surface area contributed by atoms with Crippen LogP contribution in [-0.2, 0) is 5.41 Å². The van der Waals surface area contributed by atoms with Crippen molar-refractivity contribution in [1.29, 1.82) is 0 Å². The molecule has 114 valence electrons. The van der Waals surface area contributed by atoms with Crippen LogP contribution in [0, 0.1) is 0 Å². The maximum absolute atomic E-state index is 5.60. The van der Waals surface area contributed by atoms with Crippen molar-refractivity contribution in [2.24, 2.45) is 0 Å². The molecule has 2 aromatic rings.